The zero-order valence-corrected chi connectivity index (χ0v) is 14.8. The van der Waals surface area contributed by atoms with E-state index in [9.17, 15) is 4.79 Å². The molecule has 0 saturated heterocycles. The van der Waals surface area contributed by atoms with Crippen molar-refractivity contribution in [2.75, 3.05) is 5.32 Å². The Hall–Kier alpha value is -2.08. The Morgan fingerprint density at radius 3 is 2.71 bits per heavy atom. The fourth-order valence-corrected chi connectivity index (χ4v) is 3.07. The Morgan fingerprint density at radius 1 is 1.08 bits per heavy atom. The Morgan fingerprint density at radius 2 is 1.96 bits per heavy atom. The summed E-state index contributed by atoms with van der Waals surface area (Å²) in [5, 5.41) is 10.4. The summed E-state index contributed by atoms with van der Waals surface area (Å²) < 4.78 is 0. The van der Waals surface area contributed by atoms with Crippen molar-refractivity contribution >= 4 is 46.3 Å². The number of urea groups is 1. The number of rotatable bonds is 4. The molecule has 2 aromatic heterocycles. The van der Waals surface area contributed by atoms with Gasteiger partial charge in [-0.3, -0.25) is 4.98 Å². The van der Waals surface area contributed by atoms with Crippen molar-refractivity contribution in [3.05, 3.63) is 69.1 Å². The first-order valence-electron chi connectivity index (χ1n) is 7.08. The van der Waals surface area contributed by atoms with E-state index in [1.54, 1.807) is 41.9 Å². The van der Waals surface area contributed by atoms with Gasteiger partial charge in [-0.15, -0.1) is 0 Å². The van der Waals surface area contributed by atoms with E-state index in [0.717, 1.165) is 16.7 Å². The zero-order valence-electron chi connectivity index (χ0n) is 12.4. The molecule has 2 N–H and O–H groups in total. The molecule has 0 aliphatic carbocycles. The summed E-state index contributed by atoms with van der Waals surface area (Å²) in [6.45, 7) is 0.373. The van der Waals surface area contributed by atoms with Crippen molar-refractivity contribution in [3.63, 3.8) is 0 Å². The minimum absolute atomic E-state index is 0.325. The van der Waals surface area contributed by atoms with Crippen LogP contribution in [0.3, 0.4) is 0 Å². The molecule has 1 aromatic carbocycles. The average Bonchev–Trinajstić information content (AvgIpc) is 3.11. The number of thiophene rings is 1. The van der Waals surface area contributed by atoms with Gasteiger partial charge in [-0.1, -0.05) is 23.2 Å². The minimum Gasteiger partial charge on any atom is -0.334 e. The molecule has 0 aliphatic rings. The van der Waals surface area contributed by atoms with Crippen molar-refractivity contribution in [1.82, 2.24) is 10.3 Å². The maximum atomic E-state index is 12.0. The van der Waals surface area contributed by atoms with E-state index in [4.69, 9.17) is 23.2 Å². The van der Waals surface area contributed by atoms with Gasteiger partial charge in [0.1, 0.15) is 0 Å². The van der Waals surface area contributed by atoms with E-state index in [1.165, 1.54) is 0 Å². The van der Waals surface area contributed by atoms with Gasteiger partial charge in [-0.05, 0) is 52.2 Å². The van der Waals surface area contributed by atoms with E-state index in [-0.39, 0.29) is 6.03 Å². The lowest BCUT2D eigenvalue weighted by atomic mass is 10.1. The van der Waals surface area contributed by atoms with Crippen LogP contribution >= 0.6 is 34.5 Å². The lowest BCUT2D eigenvalue weighted by Gasteiger charge is -2.09. The van der Waals surface area contributed by atoms with Crippen LogP contribution in [0.5, 0.6) is 0 Å². The van der Waals surface area contributed by atoms with Crippen molar-refractivity contribution < 1.29 is 4.79 Å². The molecule has 0 fully saturated rings. The highest BCUT2D eigenvalue weighted by molar-refractivity contribution is 7.08. The van der Waals surface area contributed by atoms with Crippen LogP contribution in [-0.4, -0.2) is 11.0 Å². The van der Waals surface area contributed by atoms with E-state index in [2.05, 4.69) is 21.0 Å². The van der Waals surface area contributed by atoms with Crippen molar-refractivity contribution in [2.24, 2.45) is 0 Å². The number of aromatic nitrogens is 1. The van der Waals surface area contributed by atoms with Crippen LogP contribution in [-0.2, 0) is 6.54 Å². The lowest BCUT2D eigenvalue weighted by Crippen LogP contribution is -2.28. The third kappa shape index (κ3) is 4.26. The number of amides is 2. The molecule has 4 nitrogen and oxygen atoms in total. The summed E-state index contributed by atoms with van der Waals surface area (Å²) in [5.74, 6) is 0. The average molecular weight is 378 g/mol. The van der Waals surface area contributed by atoms with Gasteiger partial charge in [-0.2, -0.15) is 11.3 Å². The number of nitrogens with one attached hydrogen (secondary N) is 2. The van der Waals surface area contributed by atoms with Crippen molar-refractivity contribution in [3.8, 4) is 11.1 Å². The molecule has 24 heavy (non-hydrogen) atoms. The molecule has 0 saturated carbocycles. The summed E-state index contributed by atoms with van der Waals surface area (Å²) >= 11 is 13.4. The Labute approximate surface area is 153 Å². The summed E-state index contributed by atoms with van der Waals surface area (Å²) in [5.41, 5.74) is 3.64. The molecule has 2 amide bonds. The van der Waals surface area contributed by atoms with Gasteiger partial charge in [0.15, 0.2) is 0 Å². The quantitative estimate of drug-likeness (QED) is 0.635. The highest BCUT2D eigenvalue weighted by Crippen LogP contribution is 2.25. The Kier molecular flexibility index (Phi) is 5.35. The van der Waals surface area contributed by atoms with E-state index >= 15 is 0 Å². The number of hydrogen-bond acceptors (Lipinski definition) is 3. The predicted octanol–water partition coefficient (Wildman–Crippen LogP) is 5.44. The number of carbonyl (C=O) groups excluding carboxylic acids is 1. The van der Waals surface area contributed by atoms with Gasteiger partial charge in [0.25, 0.3) is 0 Å². The second kappa shape index (κ2) is 7.66. The molecule has 0 atom stereocenters. The number of nitrogens with zero attached hydrogens (tertiary/aromatic N) is 1. The molecule has 0 unspecified atom stereocenters. The molecule has 0 radical (unpaired) electrons. The monoisotopic (exact) mass is 377 g/mol. The van der Waals surface area contributed by atoms with E-state index in [0.29, 0.717) is 22.3 Å². The molecule has 0 aliphatic heterocycles. The van der Waals surface area contributed by atoms with Gasteiger partial charge in [0.05, 0.1) is 10.0 Å². The summed E-state index contributed by atoms with van der Waals surface area (Å²) in [6.07, 6.45) is 3.54. The molecule has 3 rings (SSSR count). The number of pyridine rings is 1. The first-order valence-corrected chi connectivity index (χ1v) is 8.78. The lowest BCUT2D eigenvalue weighted by molar-refractivity contribution is 0.251. The van der Waals surface area contributed by atoms with Gasteiger partial charge < -0.3 is 10.6 Å². The van der Waals surface area contributed by atoms with Gasteiger partial charge in [0, 0.05) is 30.2 Å². The second-order valence-corrected chi connectivity index (χ2v) is 6.62. The fraction of sp³-hybridized carbons (Fsp3) is 0.0588. The first kappa shape index (κ1) is 16.8. The normalized spacial score (nSPS) is 10.4. The molecular weight excluding hydrogens is 365 g/mol. The zero-order chi connectivity index (χ0) is 16.9. The van der Waals surface area contributed by atoms with Crippen molar-refractivity contribution in [2.45, 2.75) is 6.54 Å². The number of benzene rings is 1. The van der Waals surface area contributed by atoms with Crippen LogP contribution in [0, 0.1) is 0 Å². The number of carbonyl (C=O) groups is 1. The molecule has 2 heterocycles. The topological polar surface area (TPSA) is 54.0 Å². The number of anilines is 1. The molecule has 0 bridgehead atoms. The number of halogens is 2. The largest absolute Gasteiger partial charge is 0.334 e. The number of hydrogen-bond donors (Lipinski definition) is 2. The Bertz CT molecular complexity index is 853. The maximum absolute atomic E-state index is 12.0. The minimum atomic E-state index is -0.325. The molecule has 122 valence electrons. The fourth-order valence-electron chi connectivity index (χ4n) is 2.10. The Balaban J connectivity index is 1.60. The summed E-state index contributed by atoms with van der Waals surface area (Å²) in [6, 6.07) is 8.64. The van der Waals surface area contributed by atoms with Crippen LogP contribution in [0.1, 0.15) is 5.56 Å². The smallest absolute Gasteiger partial charge is 0.319 e. The third-order valence-electron chi connectivity index (χ3n) is 3.28. The standard InChI is InChI=1S/C17H13Cl2N3OS/c18-15-2-1-14(6-16(15)19)22-17(23)21-8-11-5-13(9-20-7-11)12-3-4-24-10-12/h1-7,9-10H,8H2,(H2,21,22,23). The molecule has 3 aromatic rings. The molecule has 7 heteroatoms. The molecular formula is C17H13Cl2N3OS. The van der Waals surface area contributed by atoms with Gasteiger partial charge >= 0.3 is 6.03 Å². The van der Waals surface area contributed by atoms with Crippen LogP contribution in [0.4, 0.5) is 10.5 Å². The SMILES string of the molecule is O=C(NCc1cncc(-c2ccsc2)c1)Nc1ccc(Cl)c(Cl)c1. The third-order valence-corrected chi connectivity index (χ3v) is 4.70. The molecule has 0 spiro atoms. The van der Waals surface area contributed by atoms with Crippen LogP contribution < -0.4 is 10.6 Å². The summed E-state index contributed by atoms with van der Waals surface area (Å²) in [7, 11) is 0. The maximum Gasteiger partial charge on any atom is 0.319 e. The van der Waals surface area contributed by atoms with Gasteiger partial charge in [0.2, 0.25) is 0 Å². The first-order chi connectivity index (χ1) is 11.6. The highest BCUT2D eigenvalue weighted by atomic mass is 35.5. The van der Waals surface area contributed by atoms with Gasteiger partial charge in [-0.25, -0.2) is 4.79 Å². The van der Waals surface area contributed by atoms with Crippen LogP contribution in [0.15, 0.2) is 53.5 Å². The van der Waals surface area contributed by atoms with Crippen molar-refractivity contribution in [1.29, 1.82) is 0 Å². The van der Waals surface area contributed by atoms with E-state index < -0.39 is 0 Å². The second-order valence-electron chi connectivity index (χ2n) is 5.03. The highest BCUT2D eigenvalue weighted by Gasteiger charge is 2.05. The predicted molar refractivity (Wildman–Crippen MR) is 99.9 cm³/mol. The van der Waals surface area contributed by atoms with E-state index in [1.807, 2.05) is 17.5 Å². The van der Waals surface area contributed by atoms with Crippen LogP contribution in [0.2, 0.25) is 10.0 Å². The van der Waals surface area contributed by atoms with Crippen LogP contribution in [0.25, 0.3) is 11.1 Å². The summed E-state index contributed by atoms with van der Waals surface area (Å²) in [4.78, 5) is 16.2.